The molecule has 0 bridgehead atoms. The van der Waals surface area contributed by atoms with Gasteiger partial charge in [0.1, 0.15) is 33.5 Å². The maximum absolute atomic E-state index is 12.4. The van der Waals surface area contributed by atoms with E-state index in [-0.39, 0.29) is 114 Å². The number of azo groups is 3. The summed E-state index contributed by atoms with van der Waals surface area (Å²) >= 11 is 1.84. The molecule has 35 heteroatoms. The van der Waals surface area contributed by atoms with E-state index in [1.54, 1.807) is 38.1 Å². The lowest BCUT2D eigenvalue weighted by molar-refractivity contribution is 0.282. The van der Waals surface area contributed by atoms with Crippen molar-refractivity contribution in [3.8, 4) is 17.7 Å². The van der Waals surface area contributed by atoms with E-state index in [4.69, 9.17) is 9.29 Å². The zero-order valence-electron chi connectivity index (χ0n) is 41.3. The average Bonchev–Trinajstić information content (AvgIpc) is 4.02. The summed E-state index contributed by atoms with van der Waals surface area (Å²) < 4.78 is 167. The number of pyridine rings is 1. The summed E-state index contributed by atoms with van der Waals surface area (Å²) in [6.07, 6.45) is 0.539. The second-order valence-corrected chi connectivity index (χ2v) is 26.5. The van der Waals surface area contributed by atoms with Crippen LogP contribution in [-0.4, -0.2) is 120 Å². The lowest BCUT2D eigenvalue weighted by Gasteiger charge is -2.12. The summed E-state index contributed by atoms with van der Waals surface area (Å²) in [5.74, 6) is -1.48. The van der Waals surface area contributed by atoms with Crippen LogP contribution in [0, 0.1) is 25.2 Å². The van der Waals surface area contributed by atoms with Gasteiger partial charge in [-0.1, -0.05) is 29.5 Å². The summed E-state index contributed by atoms with van der Waals surface area (Å²) in [6.45, 7) is 2.30. The van der Waals surface area contributed by atoms with E-state index in [2.05, 4.69) is 46.7 Å². The number of aliphatic hydroxyl groups excluding tert-OH is 1. The van der Waals surface area contributed by atoms with Crippen LogP contribution in [0.15, 0.2) is 118 Å². The minimum atomic E-state index is -4.89. The molecule has 8 rings (SSSR count). The van der Waals surface area contributed by atoms with Gasteiger partial charge in [0.25, 0.3) is 50.6 Å². The number of aryl methyl sites for hydroxylation is 1. The van der Waals surface area contributed by atoms with E-state index >= 15 is 0 Å². The van der Waals surface area contributed by atoms with Gasteiger partial charge >= 0.3 is 0 Å². The number of thioether (sulfide) groups is 1. The van der Waals surface area contributed by atoms with E-state index in [1.165, 1.54) is 34.7 Å². The first kappa shape index (κ1) is 60.6. The van der Waals surface area contributed by atoms with Crippen LogP contribution in [0.2, 0.25) is 0 Å². The third kappa shape index (κ3) is 15.0. The maximum atomic E-state index is 12.4. The van der Waals surface area contributed by atoms with Crippen molar-refractivity contribution in [1.29, 1.82) is 5.26 Å². The molecule has 0 atom stereocenters. The molecule has 8 aromatic rings. The van der Waals surface area contributed by atoms with Gasteiger partial charge in [-0.05, 0) is 91.9 Å². The molecule has 0 unspecified atom stereocenters. The van der Waals surface area contributed by atoms with Crippen LogP contribution < -0.4 is 4.74 Å². The lowest BCUT2D eigenvalue weighted by atomic mass is 10.1. The first-order valence-corrected chi connectivity index (χ1v) is 32.2. The molecule has 7 N–H and O–H groups in total. The van der Waals surface area contributed by atoms with Crippen LogP contribution in [0.4, 0.5) is 33.6 Å². The Balaban J connectivity index is 0.00000177. The third-order valence-corrected chi connectivity index (χ3v) is 16.4. The molecular weight excluding hydrogens is 1190 g/mol. The Morgan fingerprint density at radius 3 is 2.04 bits per heavy atom. The zero-order valence-corrected chi connectivity index (χ0v) is 47.0. The highest BCUT2D eigenvalue weighted by Crippen LogP contribution is 2.44. The van der Waals surface area contributed by atoms with Crippen LogP contribution in [0.3, 0.4) is 0 Å². The van der Waals surface area contributed by atoms with Gasteiger partial charge in [0.15, 0.2) is 11.3 Å². The van der Waals surface area contributed by atoms with Gasteiger partial charge in [-0.15, -0.1) is 37.3 Å². The molecule has 0 saturated carbocycles. The van der Waals surface area contributed by atoms with Gasteiger partial charge in [-0.3, -0.25) is 27.2 Å². The second kappa shape index (κ2) is 24.0. The molecule has 5 aromatic carbocycles. The Labute approximate surface area is 463 Å². The normalized spacial score (nSPS) is 12.8. The number of ether oxygens (including phenoxy) is 1. The molecule has 0 fully saturated rings. The highest BCUT2D eigenvalue weighted by Gasteiger charge is 2.24. The largest absolute Gasteiger partial charge is 0.493 e. The fourth-order valence-electron chi connectivity index (χ4n) is 7.48. The van der Waals surface area contributed by atoms with Crippen molar-refractivity contribution in [1.82, 2.24) is 14.4 Å². The highest BCUT2D eigenvalue weighted by atomic mass is 32.2. The molecule has 0 radical (unpaired) electrons. The number of nitriles is 1. The van der Waals surface area contributed by atoms with Gasteiger partial charge in [0, 0.05) is 27.5 Å². The number of rotatable bonds is 19. The van der Waals surface area contributed by atoms with Crippen LogP contribution in [0.1, 0.15) is 35.1 Å². The number of fused-ring (bicyclic) bond motifs is 6. The highest BCUT2D eigenvalue weighted by molar-refractivity contribution is 7.99. The van der Waals surface area contributed by atoms with Gasteiger partial charge in [-0.25, -0.2) is 9.97 Å². The van der Waals surface area contributed by atoms with E-state index < -0.39 is 78.5 Å². The van der Waals surface area contributed by atoms with Crippen molar-refractivity contribution in [2.75, 3.05) is 30.1 Å². The summed E-state index contributed by atoms with van der Waals surface area (Å²) in [4.78, 5) is 7.93. The molecule has 3 aromatic heterocycles. The summed E-state index contributed by atoms with van der Waals surface area (Å²) in [7, 11) is -21.9. The fraction of sp³-hybridized carbons (Fsp3) is 0.222. The lowest BCUT2D eigenvalue weighted by Crippen LogP contribution is -2.08. The minimum Gasteiger partial charge on any atom is -0.493 e. The van der Waals surface area contributed by atoms with Gasteiger partial charge < -0.3 is 14.9 Å². The van der Waals surface area contributed by atoms with Crippen molar-refractivity contribution >= 4 is 145 Å². The first-order valence-electron chi connectivity index (χ1n) is 22.4. The standard InChI is InChI=1S/C44H38N10O15S6.CH4O3S/c1-23-15-33(50-52-39-24(2)29(21-45)42-46-30-7-3-4-8-35(30)54(42)43(39)56)36(69-11-5-13-72(57,58)59)19-31(23)48-51-34-16-26(22-55)32(20-37(34)70-12-6-14-73(60,61)62)49-53-44-47-40-38(75(66,67)68)17-25-9-10-27(74(63,64)65)18-28(25)41(40)71-44;1-5(2,3)4/h3-4,7-10,15-20,55-56H,5-6,11-14,22H2,1-2H3,(H,57,58,59)(H,60,61,62)(H,63,64,65)(H,66,67,68);1H3,(H,2,3,4). The quantitative estimate of drug-likeness (QED) is 0.0171. The average molecular weight is 1240 g/mol. The molecule has 3 heterocycles. The van der Waals surface area contributed by atoms with E-state index in [0.29, 0.717) is 27.7 Å². The van der Waals surface area contributed by atoms with Gasteiger partial charge in [-0.2, -0.15) is 52.5 Å². The Kier molecular flexibility index (Phi) is 18.1. The smallest absolute Gasteiger partial charge is 0.296 e. The Hall–Kier alpha value is -7.05. The van der Waals surface area contributed by atoms with Crippen molar-refractivity contribution in [2.45, 2.75) is 48.0 Å². The third-order valence-electron chi connectivity index (χ3n) is 11.0. The Morgan fingerprint density at radius 2 is 1.39 bits per heavy atom. The van der Waals surface area contributed by atoms with Crippen molar-refractivity contribution in [3.63, 3.8) is 0 Å². The predicted molar refractivity (Wildman–Crippen MR) is 292 cm³/mol. The molecule has 0 aliphatic rings. The number of benzene rings is 5. The van der Waals surface area contributed by atoms with Crippen LogP contribution >= 0.6 is 23.1 Å². The molecule has 0 amide bonds. The zero-order chi connectivity index (χ0) is 58.7. The summed E-state index contributed by atoms with van der Waals surface area (Å²) in [6, 6.07) is 19.2. The number of aliphatic hydroxyl groups is 1. The van der Waals surface area contributed by atoms with Gasteiger partial charge in [0.2, 0.25) is 11.0 Å². The number of thiazole rings is 1. The molecule has 0 aliphatic carbocycles. The Morgan fingerprint density at radius 1 is 0.738 bits per heavy atom. The molecule has 0 saturated heterocycles. The van der Waals surface area contributed by atoms with Crippen molar-refractivity contribution in [3.05, 3.63) is 95.1 Å². The molecule has 422 valence electrons. The van der Waals surface area contributed by atoms with Gasteiger partial charge in [0.05, 0.1) is 68.7 Å². The predicted octanol–water partition coefficient (Wildman–Crippen LogP) is 9.21. The number of aromatic nitrogens is 3. The number of para-hydroxylation sites is 2. The number of aromatic hydroxyl groups is 1. The van der Waals surface area contributed by atoms with Crippen LogP contribution in [0.25, 0.3) is 37.7 Å². The summed E-state index contributed by atoms with van der Waals surface area (Å²) in [5.41, 5.74) is 2.17. The number of hydrogen-bond donors (Lipinski definition) is 7. The maximum Gasteiger partial charge on any atom is 0.296 e. The second-order valence-electron chi connectivity index (χ2n) is 16.9. The van der Waals surface area contributed by atoms with Crippen molar-refractivity contribution in [2.24, 2.45) is 30.7 Å². The summed E-state index contributed by atoms with van der Waals surface area (Å²) in [5, 5.41) is 58.3. The Bertz CT molecular complexity index is 4520. The number of nitrogens with zero attached hydrogens (tertiary/aromatic N) is 10. The van der Waals surface area contributed by atoms with E-state index in [9.17, 15) is 75.8 Å². The molecule has 0 aliphatic heterocycles. The van der Waals surface area contributed by atoms with E-state index in [0.717, 1.165) is 41.3 Å². The minimum absolute atomic E-state index is 0.00233. The fourth-order valence-corrected chi connectivity index (χ4v) is 11.8. The van der Waals surface area contributed by atoms with Crippen LogP contribution in [0.5, 0.6) is 11.6 Å². The van der Waals surface area contributed by atoms with E-state index in [1.807, 2.05) is 0 Å². The number of hydrogen-bond acceptors (Lipinski definition) is 24. The molecule has 80 heavy (non-hydrogen) atoms. The number of imidazole rings is 1. The monoisotopic (exact) mass is 1230 g/mol. The molecule has 0 spiro atoms. The first-order chi connectivity index (χ1) is 37.3. The van der Waals surface area contributed by atoms with Crippen LogP contribution in [-0.2, 0) is 57.2 Å². The SMILES string of the molecule is CS(=O)(=O)O.Cc1cc(N=Nc2c(C)c(C#N)c3nc4ccccc4n3c2O)c(OCCCS(=O)(=O)O)cc1N=Nc1cc(CO)c(N=Nc2nc3c(S(=O)(=O)O)cc4ccc(S(=O)(=O)O)cc4c3s2)cc1SCCCS(=O)(=O)O. The van der Waals surface area contributed by atoms with Crippen molar-refractivity contribution < 1.29 is 79.8 Å². The topological polar surface area (TPSA) is 450 Å². The molecular formula is C45H42N10O18S7. The molecule has 28 nitrogen and oxygen atoms in total.